The summed E-state index contributed by atoms with van der Waals surface area (Å²) in [6.07, 6.45) is 10.5. The molecular weight excluding hydrogens is 491 g/mol. The Hall–Kier alpha value is -1.20. The van der Waals surface area contributed by atoms with E-state index in [0.29, 0.717) is 6.04 Å². The van der Waals surface area contributed by atoms with Gasteiger partial charge in [-0.3, -0.25) is 14.8 Å². The number of aliphatic imine (C=N–C) groups is 1. The summed E-state index contributed by atoms with van der Waals surface area (Å²) in [5.41, 5.74) is 0. The van der Waals surface area contributed by atoms with Gasteiger partial charge in [0.05, 0.1) is 0 Å². The van der Waals surface area contributed by atoms with Crippen molar-refractivity contribution in [2.45, 2.75) is 44.2 Å². The molecule has 3 aliphatic rings. The first-order valence-electron chi connectivity index (χ1n) is 11.3. The molecule has 1 saturated carbocycles. The van der Waals surface area contributed by atoms with Crippen LogP contribution in [0.1, 0.15) is 32.1 Å². The quantitative estimate of drug-likeness (QED) is 0.329. The lowest BCUT2D eigenvalue weighted by Crippen LogP contribution is -2.50. The molecular formula is C21H37IN8. The summed E-state index contributed by atoms with van der Waals surface area (Å²) < 4.78 is 0. The second-order valence-electron chi connectivity index (χ2n) is 8.44. The van der Waals surface area contributed by atoms with Gasteiger partial charge in [-0.25, -0.2) is 9.97 Å². The average Bonchev–Trinajstić information content (AvgIpc) is 3.46. The van der Waals surface area contributed by atoms with Crippen LogP contribution in [-0.2, 0) is 0 Å². The van der Waals surface area contributed by atoms with Crippen LogP contribution in [0.5, 0.6) is 0 Å². The van der Waals surface area contributed by atoms with Crippen LogP contribution < -0.4 is 15.5 Å². The van der Waals surface area contributed by atoms with Crippen molar-refractivity contribution in [1.29, 1.82) is 0 Å². The molecule has 2 saturated heterocycles. The number of nitrogens with one attached hydrogen (secondary N) is 2. The normalized spacial score (nSPS) is 24.1. The van der Waals surface area contributed by atoms with E-state index in [9.17, 15) is 0 Å². The molecule has 1 aromatic heterocycles. The highest BCUT2D eigenvalue weighted by molar-refractivity contribution is 14.0. The number of hydrogen-bond donors (Lipinski definition) is 2. The maximum atomic E-state index is 4.44. The Kier molecular flexibility index (Phi) is 9.38. The number of likely N-dealkylation sites (tertiary alicyclic amines) is 1. The molecule has 1 unspecified atom stereocenters. The van der Waals surface area contributed by atoms with E-state index < -0.39 is 0 Å². The van der Waals surface area contributed by atoms with Crippen molar-refractivity contribution in [2.24, 2.45) is 4.99 Å². The molecule has 3 fully saturated rings. The smallest absolute Gasteiger partial charge is 0.225 e. The molecule has 1 atom stereocenters. The standard InChI is InChI=1S/C21H36N8.HI/c1-22-20(26-18-7-11-29(17-18)19-5-2-3-6-19)23-10-12-27-13-15-28(16-14-27)21-24-8-4-9-25-21;/h4,8-9,18-19H,2-3,5-7,10-17H2,1H3,(H2,22,23,26);1H. The third-order valence-electron chi connectivity index (χ3n) is 6.55. The summed E-state index contributed by atoms with van der Waals surface area (Å²) in [4.78, 5) is 20.6. The van der Waals surface area contributed by atoms with E-state index >= 15 is 0 Å². The minimum absolute atomic E-state index is 0. The Morgan fingerprint density at radius 2 is 1.80 bits per heavy atom. The fraction of sp³-hybridized carbons (Fsp3) is 0.762. The number of halogens is 1. The monoisotopic (exact) mass is 528 g/mol. The fourth-order valence-electron chi connectivity index (χ4n) is 4.85. The first kappa shape index (κ1) is 23.5. The van der Waals surface area contributed by atoms with Crippen molar-refractivity contribution >= 4 is 35.9 Å². The fourth-order valence-corrected chi connectivity index (χ4v) is 4.85. The van der Waals surface area contributed by atoms with Crippen molar-refractivity contribution in [2.75, 3.05) is 64.3 Å². The van der Waals surface area contributed by atoms with Gasteiger partial charge in [0.2, 0.25) is 5.95 Å². The van der Waals surface area contributed by atoms with E-state index in [1.54, 1.807) is 0 Å². The van der Waals surface area contributed by atoms with Gasteiger partial charge in [-0.05, 0) is 25.3 Å². The van der Waals surface area contributed by atoms with Gasteiger partial charge < -0.3 is 15.5 Å². The number of anilines is 1. The van der Waals surface area contributed by atoms with Gasteiger partial charge in [0, 0.05) is 83.9 Å². The first-order chi connectivity index (χ1) is 14.3. The van der Waals surface area contributed by atoms with E-state index in [1.807, 2.05) is 25.5 Å². The second kappa shape index (κ2) is 12.0. The Labute approximate surface area is 197 Å². The average molecular weight is 528 g/mol. The molecule has 4 rings (SSSR count). The second-order valence-corrected chi connectivity index (χ2v) is 8.44. The highest BCUT2D eigenvalue weighted by Crippen LogP contribution is 2.26. The van der Waals surface area contributed by atoms with Crippen LogP contribution in [0.3, 0.4) is 0 Å². The van der Waals surface area contributed by atoms with Crippen LogP contribution in [0, 0.1) is 0 Å². The number of guanidine groups is 1. The molecule has 0 aromatic carbocycles. The van der Waals surface area contributed by atoms with Crippen molar-refractivity contribution in [3.05, 3.63) is 18.5 Å². The Morgan fingerprint density at radius 1 is 1.07 bits per heavy atom. The summed E-state index contributed by atoms with van der Waals surface area (Å²) in [5, 5.41) is 7.15. The Bertz CT molecular complexity index is 644. The van der Waals surface area contributed by atoms with E-state index in [0.717, 1.165) is 63.8 Å². The van der Waals surface area contributed by atoms with Gasteiger partial charge in [-0.1, -0.05) is 12.8 Å². The maximum absolute atomic E-state index is 4.44. The number of rotatable bonds is 6. The number of nitrogens with zero attached hydrogens (tertiary/aromatic N) is 6. The van der Waals surface area contributed by atoms with Gasteiger partial charge in [-0.15, -0.1) is 24.0 Å². The summed E-state index contributed by atoms with van der Waals surface area (Å²) in [6, 6.07) is 3.22. The molecule has 8 nitrogen and oxygen atoms in total. The number of hydrogen-bond acceptors (Lipinski definition) is 6. The minimum Gasteiger partial charge on any atom is -0.355 e. The summed E-state index contributed by atoms with van der Waals surface area (Å²) in [7, 11) is 1.87. The zero-order valence-electron chi connectivity index (χ0n) is 18.2. The summed E-state index contributed by atoms with van der Waals surface area (Å²) in [6.45, 7) is 8.40. The molecule has 2 N–H and O–H groups in total. The summed E-state index contributed by atoms with van der Waals surface area (Å²) in [5.74, 6) is 1.79. The zero-order valence-corrected chi connectivity index (χ0v) is 20.5. The molecule has 1 aliphatic carbocycles. The molecule has 168 valence electrons. The van der Waals surface area contributed by atoms with Gasteiger partial charge >= 0.3 is 0 Å². The summed E-state index contributed by atoms with van der Waals surface area (Å²) >= 11 is 0. The molecule has 9 heteroatoms. The predicted molar refractivity (Wildman–Crippen MR) is 133 cm³/mol. The Balaban J connectivity index is 0.00000256. The lowest BCUT2D eigenvalue weighted by molar-refractivity contribution is 0.242. The van der Waals surface area contributed by atoms with E-state index in [-0.39, 0.29) is 24.0 Å². The zero-order chi connectivity index (χ0) is 19.9. The van der Waals surface area contributed by atoms with Gasteiger partial charge in [0.1, 0.15) is 0 Å². The third-order valence-corrected chi connectivity index (χ3v) is 6.55. The van der Waals surface area contributed by atoms with Gasteiger partial charge in [0.15, 0.2) is 5.96 Å². The lowest BCUT2D eigenvalue weighted by Gasteiger charge is -2.34. The van der Waals surface area contributed by atoms with Crippen molar-refractivity contribution in [3.63, 3.8) is 0 Å². The van der Waals surface area contributed by atoms with Crippen LogP contribution in [0.4, 0.5) is 5.95 Å². The topological polar surface area (TPSA) is 71.9 Å². The highest BCUT2D eigenvalue weighted by Gasteiger charge is 2.30. The molecule has 0 radical (unpaired) electrons. The van der Waals surface area contributed by atoms with Crippen molar-refractivity contribution in [1.82, 2.24) is 30.4 Å². The minimum atomic E-state index is 0. The van der Waals surface area contributed by atoms with Crippen molar-refractivity contribution in [3.8, 4) is 0 Å². The maximum Gasteiger partial charge on any atom is 0.225 e. The molecule has 2 aliphatic heterocycles. The molecule has 3 heterocycles. The van der Waals surface area contributed by atoms with Crippen LogP contribution in [-0.4, -0.2) is 97.2 Å². The molecule has 0 amide bonds. The SMILES string of the molecule is CN=C(NCCN1CCN(c2ncccn2)CC1)NC1CCN(C2CCCC2)C1.I. The largest absolute Gasteiger partial charge is 0.355 e. The van der Waals surface area contributed by atoms with Gasteiger partial charge in [0.25, 0.3) is 0 Å². The molecule has 0 spiro atoms. The highest BCUT2D eigenvalue weighted by atomic mass is 127. The van der Waals surface area contributed by atoms with Crippen LogP contribution >= 0.6 is 24.0 Å². The van der Waals surface area contributed by atoms with Crippen molar-refractivity contribution < 1.29 is 0 Å². The van der Waals surface area contributed by atoms with Crippen LogP contribution in [0.25, 0.3) is 0 Å². The number of piperazine rings is 1. The predicted octanol–water partition coefficient (Wildman–Crippen LogP) is 1.40. The van der Waals surface area contributed by atoms with E-state index in [1.165, 1.54) is 38.6 Å². The lowest BCUT2D eigenvalue weighted by atomic mass is 10.2. The van der Waals surface area contributed by atoms with Crippen LogP contribution in [0.15, 0.2) is 23.5 Å². The van der Waals surface area contributed by atoms with Gasteiger partial charge in [-0.2, -0.15) is 0 Å². The Morgan fingerprint density at radius 3 is 2.50 bits per heavy atom. The third kappa shape index (κ3) is 6.40. The molecule has 0 bridgehead atoms. The molecule has 30 heavy (non-hydrogen) atoms. The first-order valence-corrected chi connectivity index (χ1v) is 11.3. The van der Waals surface area contributed by atoms with E-state index in [2.05, 4.69) is 40.3 Å². The van der Waals surface area contributed by atoms with E-state index in [4.69, 9.17) is 0 Å². The molecule has 1 aromatic rings. The van der Waals surface area contributed by atoms with Crippen LogP contribution in [0.2, 0.25) is 0 Å². The number of aromatic nitrogens is 2.